The van der Waals surface area contributed by atoms with Gasteiger partial charge in [-0.2, -0.15) is 0 Å². The molecule has 0 bridgehead atoms. The lowest BCUT2D eigenvalue weighted by atomic mass is 9.81. The number of ether oxygens (including phenoxy) is 1. The summed E-state index contributed by atoms with van der Waals surface area (Å²) in [5.74, 6) is 1.16. The predicted molar refractivity (Wildman–Crippen MR) is 52.7 cm³/mol. The molecule has 0 atom stereocenters. The zero-order valence-electron chi connectivity index (χ0n) is 8.55. The molecule has 0 unspecified atom stereocenters. The fraction of sp³-hybridized carbons (Fsp3) is 0.909. The van der Waals surface area contributed by atoms with Crippen LogP contribution in [0.5, 0.6) is 0 Å². The lowest BCUT2D eigenvalue weighted by Gasteiger charge is -2.24. The molecule has 0 saturated heterocycles. The van der Waals surface area contributed by atoms with E-state index in [1.165, 1.54) is 19.3 Å². The molecule has 0 aliphatic heterocycles. The average Bonchev–Trinajstić information content (AvgIpc) is 2.06. The third-order valence-electron chi connectivity index (χ3n) is 2.69. The van der Waals surface area contributed by atoms with Crippen molar-refractivity contribution in [3.8, 4) is 0 Å². The van der Waals surface area contributed by atoms with E-state index in [0.29, 0.717) is 5.78 Å². The van der Waals surface area contributed by atoms with E-state index in [1.807, 2.05) is 6.92 Å². The van der Waals surface area contributed by atoms with Crippen LogP contribution in [0.2, 0.25) is 0 Å². The monoisotopic (exact) mass is 184 g/mol. The predicted octanol–water partition coefficient (Wildman–Crippen LogP) is 2.56. The van der Waals surface area contributed by atoms with Gasteiger partial charge in [-0.15, -0.1) is 0 Å². The van der Waals surface area contributed by atoms with Gasteiger partial charge in [-0.05, 0) is 19.3 Å². The van der Waals surface area contributed by atoms with Crippen molar-refractivity contribution in [2.75, 3.05) is 13.2 Å². The van der Waals surface area contributed by atoms with Crippen LogP contribution in [-0.4, -0.2) is 19.0 Å². The van der Waals surface area contributed by atoms with E-state index in [0.717, 1.165) is 38.4 Å². The largest absolute Gasteiger partial charge is 0.382 e. The van der Waals surface area contributed by atoms with Gasteiger partial charge in [0.2, 0.25) is 0 Å². The van der Waals surface area contributed by atoms with Crippen LogP contribution in [-0.2, 0) is 9.53 Å². The minimum absolute atomic E-state index is 0.435. The Balaban J connectivity index is 1.91. The molecule has 0 amide bonds. The third kappa shape index (κ3) is 4.41. The molecule has 0 aromatic heterocycles. The van der Waals surface area contributed by atoms with Gasteiger partial charge in [0.25, 0.3) is 0 Å². The van der Waals surface area contributed by atoms with Gasteiger partial charge in [0.1, 0.15) is 5.78 Å². The Hall–Kier alpha value is -0.370. The molecule has 0 aromatic rings. The van der Waals surface area contributed by atoms with Crippen molar-refractivity contribution in [2.24, 2.45) is 5.92 Å². The summed E-state index contributed by atoms with van der Waals surface area (Å²) in [6, 6.07) is 0. The number of Topliss-reactive ketones (excluding diaryl/α,β-unsaturated/α-hetero) is 1. The van der Waals surface area contributed by atoms with Gasteiger partial charge in [0.15, 0.2) is 0 Å². The second kappa shape index (κ2) is 6.14. The average molecular weight is 184 g/mol. The maximum atomic E-state index is 11.4. The second-order valence-corrected chi connectivity index (χ2v) is 3.84. The molecule has 1 fully saturated rings. The molecular formula is C11H20O2. The Morgan fingerprint density at radius 2 is 2.23 bits per heavy atom. The molecule has 1 saturated carbocycles. The van der Waals surface area contributed by atoms with Crippen LogP contribution in [0.1, 0.15) is 45.4 Å². The molecule has 13 heavy (non-hydrogen) atoms. The minimum Gasteiger partial charge on any atom is -0.382 e. The Labute approximate surface area is 80.7 Å². The van der Waals surface area contributed by atoms with Crippen molar-refractivity contribution in [3.05, 3.63) is 0 Å². The summed E-state index contributed by atoms with van der Waals surface area (Å²) in [7, 11) is 0. The SMILES string of the molecule is CCOCCCC(=O)CC1CCC1. The van der Waals surface area contributed by atoms with Crippen LogP contribution in [0.15, 0.2) is 0 Å². The smallest absolute Gasteiger partial charge is 0.133 e. The molecule has 0 aromatic carbocycles. The number of carbonyl (C=O) groups excluding carboxylic acids is 1. The maximum absolute atomic E-state index is 11.4. The highest BCUT2D eigenvalue weighted by Gasteiger charge is 2.19. The molecular weight excluding hydrogens is 164 g/mol. The summed E-state index contributed by atoms with van der Waals surface area (Å²) < 4.78 is 5.18. The standard InChI is InChI=1S/C11H20O2/c1-2-13-8-4-7-11(12)9-10-5-3-6-10/h10H,2-9H2,1H3. The fourth-order valence-corrected chi connectivity index (χ4v) is 1.64. The van der Waals surface area contributed by atoms with Gasteiger partial charge in [0.05, 0.1) is 0 Å². The molecule has 0 heterocycles. The Kier molecular flexibility index (Phi) is 5.06. The summed E-state index contributed by atoms with van der Waals surface area (Å²) >= 11 is 0. The molecule has 2 nitrogen and oxygen atoms in total. The van der Waals surface area contributed by atoms with Crippen molar-refractivity contribution in [3.63, 3.8) is 0 Å². The van der Waals surface area contributed by atoms with Crippen LogP contribution in [0, 0.1) is 5.92 Å². The maximum Gasteiger partial charge on any atom is 0.133 e. The zero-order valence-corrected chi connectivity index (χ0v) is 8.55. The van der Waals surface area contributed by atoms with E-state index in [-0.39, 0.29) is 0 Å². The molecule has 0 spiro atoms. The van der Waals surface area contributed by atoms with E-state index in [2.05, 4.69) is 0 Å². The first-order valence-corrected chi connectivity index (χ1v) is 5.42. The molecule has 0 radical (unpaired) electrons. The second-order valence-electron chi connectivity index (χ2n) is 3.84. The summed E-state index contributed by atoms with van der Waals surface area (Å²) in [6.45, 7) is 3.49. The van der Waals surface area contributed by atoms with E-state index in [1.54, 1.807) is 0 Å². The number of hydrogen-bond donors (Lipinski definition) is 0. The van der Waals surface area contributed by atoms with Gasteiger partial charge in [-0.25, -0.2) is 0 Å². The first-order chi connectivity index (χ1) is 6.33. The van der Waals surface area contributed by atoms with Crippen molar-refractivity contribution in [1.29, 1.82) is 0 Å². The van der Waals surface area contributed by atoms with E-state index in [4.69, 9.17) is 4.74 Å². The molecule has 2 heteroatoms. The van der Waals surface area contributed by atoms with E-state index >= 15 is 0 Å². The number of hydrogen-bond acceptors (Lipinski definition) is 2. The van der Waals surface area contributed by atoms with Crippen molar-refractivity contribution in [2.45, 2.75) is 45.4 Å². The fourth-order valence-electron chi connectivity index (χ4n) is 1.64. The quantitative estimate of drug-likeness (QED) is 0.568. The van der Waals surface area contributed by atoms with Crippen molar-refractivity contribution < 1.29 is 9.53 Å². The van der Waals surface area contributed by atoms with Crippen LogP contribution in [0.25, 0.3) is 0 Å². The van der Waals surface area contributed by atoms with Crippen LogP contribution in [0.4, 0.5) is 0 Å². The van der Waals surface area contributed by atoms with E-state index < -0.39 is 0 Å². The lowest BCUT2D eigenvalue weighted by molar-refractivity contribution is -0.120. The van der Waals surface area contributed by atoms with Gasteiger partial charge >= 0.3 is 0 Å². The molecule has 1 aliphatic rings. The van der Waals surface area contributed by atoms with Gasteiger partial charge in [-0.3, -0.25) is 4.79 Å². The Bertz CT molecular complexity index is 150. The highest BCUT2D eigenvalue weighted by Crippen LogP contribution is 2.29. The highest BCUT2D eigenvalue weighted by atomic mass is 16.5. The first kappa shape index (κ1) is 10.7. The Morgan fingerprint density at radius 3 is 2.77 bits per heavy atom. The number of rotatable bonds is 7. The highest BCUT2D eigenvalue weighted by molar-refractivity contribution is 5.78. The summed E-state index contributed by atoms with van der Waals surface area (Å²) in [4.78, 5) is 11.4. The number of carbonyl (C=O) groups is 1. The van der Waals surface area contributed by atoms with Crippen LogP contribution < -0.4 is 0 Å². The summed E-state index contributed by atoms with van der Waals surface area (Å²) in [5.41, 5.74) is 0. The van der Waals surface area contributed by atoms with E-state index in [9.17, 15) is 4.79 Å². The van der Waals surface area contributed by atoms with Gasteiger partial charge in [0, 0.05) is 26.1 Å². The van der Waals surface area contributed by atoms with Crippen molar-refractivity contribution in [1.82, 2.24) is 0 Å². The normalized spacial score (nSPS) is 17.0. The molecule has 0 N–H and O–H groups in total. The number of ketones is 1. The van der Waals surface area contributed by atoms with Crippen molar-refractivity contribution >= 4 is 5.78 Å². The first-order valence-electron chi connectivity index (χ1n) is 5.42. The molecule has 76 valence electrons. The topological polar surface area (TPSA) is 26.3 Å². The minimum atomic E-state index is 0.435. The van der Waals surface area contributed by atoms with Crippen LogP contribution >= 0.6 is 0 Å². The van der Waals surface area contributed by atoms with Crippen LogP contribution in [0.3, 0.4) is 0 Å². The summed E-state index contributed by atoms with van der Waals surface area (Å²) in [6.07, 6.45) is 6.33. The lowest BCUT2D eigenvalue weighted by Crippen LogP contribution is -2.16. The third-order valence-corrected chi connectivity index (χ3v) is 2.69. The zero-order chi connectivity index (χ0) is 9.52. The molecule has 1 aliphatic carbocycles. The van der Waals surface area contributed by atoms with Gasteiger partial charge < -0.3 is 4.74 Å². The summed E-state index contributed by atoms with van der Waals surface area (Å²) in [5, 5.41) is 0. The Morgan fingerprint density at radius 1 is 1.46 bits per heavy atom. The molecule has 1 rings (SSSR count). The van der Waals surface area contributed by atoms with Gasteiger partial charge in [-0.1, -0.05) is 19.3 Å².